The van der Waals surface area contributed by atoms with Crippen LogP contribution in [0.1, 0.15) is 39.7 Å². The molecule has 0 heterocycles. The average Bonchev–Trinajstić information content (AvgIpc) is 2.73. The van der Waals surface area contributed by atoms with Gasteiger partial charge >= 0.3 is 6.09 Å². The number of nitrogens with one attached hydrogen (secondary N) is 2. The van der Waals surface area contributed by atoms with Gasteiger partial charge in [-0.3, -0.25) is 4.99 Å². The molecule has 0 radical (unpaired) electrons. The van der Waals surface area contributed by atoms with Gasteiger partial charge in [-0.1, -0.05) is 6.92 Å². The zero-order valence-electron chi connectivity index (χ0n) is 20.5. The van der Waals surface area contributed by atoms with E-state index in [1.807, 2.05) is 39.8 Å². The molecule has 1 aromatic carbocycles. The van der Waals surface area contributed by atoms with Crippen molar-refractivity contribution in [3.05, 3.63) is 17.7 Å². The highest BCUT2D eigenvalue weighted by Crippen LogP contribution is 2.38. The summed E-state index contributed by atoms with van der Waals surface area (Å²) in [5.41, 5.74) is 0.424. The number of guanidine groups is 1. The van der Waals surface area contributed by atoms with E-state index in [1.165, 1.54) is 0 Å². The van der Waals surface area contributed by atoms with Crippen LogP contribution in [0.5, 0.6) is 17.2 Å². The topological polar surface area (TPSA) is 93.7 Å². The lowest BCUT2D eigenvalue weighted by Crippen LogP contribution is -2.44. The van der Waals surface area contributed by atoms with Crippen LogP contribution < -0.4 is 24.8 Å². The van der Waals surface area contributed by atoms with Crippen molar-refractivity contribution in [3.63, 3.8) is 0 Å². The first-order chi connectivity index (χ1) is 14.7. The maximum atomic E-state index is 12.4. The van der Waals surface area contributed by atoms with Crippen molar-refractivity contribution in [2.45, 2.75) is 46.3 Å². The van der Waals surface area contributed by atoms with Crippen LogP contribution in [0, 0.1) is 0 Å². The van der Waals surface area contributed by atoms with Gasteiger partial charge in [0.25, 0.3) is 0 Å². The summed E-state index contributed by atoms with van der Waals surface area (Å²) in [6, 6.07) is 3.76. The van der Waals surface area contributed by atoms with Crippen LogP contribution in [0.3, 0.4) is 0 Å². The molecular weight excluding hydrogens is 527 g/mol. The Kier molecular flexibility index (Phi) is 13.9. The standard InChI is InChI=1S/C22H38N4O5.HI/c1-9-11-26(21(27)31-22(2,3)4)12-10-24-20(23-5)25-15-16-13-17(28-6)19(30-8)18(14-16)29-7;/h13-14H,9-12,15H2,1-8H3,(H2,23,24,25);1H. The number of carbonyl (C=O) groups is 1. The van der Waals surface area contributed by atoms with E-state index in [4.69, 9.17) is 18.9 Å². The van der Waals surface area contributed by atoms with Gasteiger partial charge in [0.1, 0.15) is 5.60 Å². The summed E-state index contributed by atoms with van der Waals surface area (Å²) >= 11 is 0. The van der Waals surface area contributed by atoms with Crippen molar-refractivity contribution < 1.29 is 23.7 Å². The number of ether oxygens (including phenoxy) is 4. The molecule has 0 saturated heterocycles. The minimum atomic E-state index is -0.519. The Morgan fingerprint density at radius 3 is 2.06 bits per heavy atom. The fourth-order valence-electron chi connectivity index (χ4n) is 2.84. The summed E-state index contributed by atoms with van der Waals surface area (Å²) in [7, 11) is 6.44. The molecule has 0 spiro atoms. The number of methoxy groups -OCH3 is 3. The second kappa shape index (κ2) is 14.9. The first-order valence-electron chi connectivity index (χ1n) is 10.4. The van der Waals surface area contributed by atoms with Crippen molar-refractivity contribution in [3.8, 4) is 17.2 Å². The molecule has 0 bridgehead atoms. The Morgan fingerprint density at radius 1 is 1.03 bits per heavy atom. The lowest BCUT2D eigenvalue weighted by Gasteiger charge is -2.27. The zero-order chi connectivity index (χ0) is 23.4. The van der Waals surface area contributed by atoms with Crippen LogP contribution in [0.2, 0.25) is 0 Å². The quantitative estimate of drug-likeness (QED) is 0.254. The number of carbonyl (C=O) groups excluding carboxylic acids is 1. The number of rotatable bonds is 10. The predicted octanol–water partition coefficient (Wildman–Crippen LogP) is 3.64. The van der Waals surface area contributed by atoms with Gasteiger partial charge < -0.3 is 34.5 Å². The number of amides is 1. The SMILES string of the molecule is CCCN(CCNC(=NC)NCc1cc(OC)c(OC)c(OC)c1)C(=O)OC(C)(C)C.I. The molecule has 32 heavy (non-hydrogen) atoms. The molecule has 9 nitrogen and oxygen atoms in total. The fourth-order valence-corrected chi connectivity index (χ4v) is 2.84. The van der Waals surface area contributed by atoms with Gasteiger partial charge in [-0.25, -0.2) is 4.79 Å². The summed E-state index contributed by atoms with van der Waals surface area (Å²) in [6.45, 7) is 9.80. The zero-order valence-corrected chi connectivity index (χ0v) is 22.9. The Hall–Kier alpha value is -2.11. The number of halogens is 1. The Balaban J connectivity index is 0.00000961. The Morgan fingerprint density at radius 2 is 1.62 bits per heavy atom. The molecule has 0 saturated carbocycles. The van der Waals surface area contributed by atoms with Gasteiger partial charge in [-0.05, 0) is 44.9 Å². The predicted molar refractivity (Wildman–Crippen MR) is 138 cm³/mol. The van der Waals surface area contributed by atoms with Crippen LogP contribution in [0.4, 0.5) is 4.79 Å². The number of hydrogen-bond acceptors (Lipinski definition) is 6. The molecule has 0 atom stereocenters. The summed E-state index contributed by atoms with van der Waals surface area (Å²) in [6.07, 6.45) is 0.546. The van der Waals surface area contributed by atoms with E-state index in [9.17, 15) is 4.79 Å². The van der Waals surface area contributed by atoms with Gasteiger partial charge in [-0.2, -0.15) is 0 Å². The number of benzene rings is 1. The summed E-state index contributed by atoms with van der Waals surface area (Å²) in [5, 5.41) is 6.48. The van der Waals surface area contributed by atoms with E-state index >= 15 is 0 Å². The maximum absolute atomic E-state index is 12.4. The third-order valence-corrected chi connectivity index (χ3v) is 4.23. The molecule has 0 fully saturated rings. The van der Waals surface area contributed by atoms with Crippen molar-refractivity contribution >= 4 is 36.0 Å². The van der Waals surface area contributed by atoms with Crippen LogP contribution in [-0.4, -0.2) is 70.6 Å². The lowest BCUT2D eigenvalue weighted by atomic mass is 10.2. The molecule has 10 heteroatoms. The highest BCUT2D eigenvalue weighted by molar-refractivity contribution is 14.0. The van der Waals surface area contributed by atoms with Crippen molar-refractivity contribution in [2.75, 3.05) is 48.0 Å². The second-order valence-electron chi connectivity index (χ2n) is 7.85. The maximum Gasteiger partial charge on any atom is 0.410 e. The minimum Gasteiger partial charge on any atom is -0.493 e. The first kappa shape index (κ1) is 29.9. The van der Waals surface area contributed by atoms with E-state index < -0.39 is 5.60 Å². The fraction of sp³-hybridized carbons (Fsp3) is 0.636. The van der Waals surface area contributed by atoms with Crippen LogP contribution >= 0.6 is 24.0 Å². The second-order valence-corrected chi connectivity index (χ2v) is 7.85. The number of nitrogens with zero attached hydrogens (tertiary/aromatic N) is 2. The van der Waals surface area contributed by atoms with E-state index in [1.54, 1.807) is 33.3 Å². The average molecular weight is 566 g/mol. The van der Waals surface area contributed by atoms with Gasteiger partial charge in [-0.15, -0.1) is 24.0 Å². The molecule has 0 aromatic heterocycles. The van der Waals surface area contributed by atoms with Gasteiger partial charge in [0.15, 0.2) is 17.5 Å². The Bertz CT molecular complexity index is 713. The molecule has 1 aromatic rings. The van der Waals surface area contributed by atoms with Gasteiger partial charge in [0.05, 0.1) is 21.3 Å². The molecule has 1 amide bonds. The number of aliphatic imine (C=N–C) groups is 1. The van der Waals surface area contributed by atoms with E-state index in [0.717, 1.165) is 12.0 Å². The lowest BCUT2D eigenvalue weighted by molar-refractivity contribution is 0.0253. The van der Waals surface area contributed by atoms with Crippen LogP contribution in [0.25, 0.3) is 0 Å². The molecule has 1 rings (SSSR count). The summed E-state index contributed by atoms with van der Waals surface area (Å²) in [4.78, 5) is 18.3. The van der Waals surface area contributed by atoms with Crippen molar-refractivity contribution in [1.82, 2.24) is 15.5 Å². The van der Waals surface area contributed by atoms with E-state index in [2.05, 4.69) is 15.6 Å². The summed E-state index contributed by atoms with van der Waals surface area (Å²) < 4.78 is 21.6. The van der Waals surface area contributed by atoms with Crippen molar-refractivity contribution in [1.29, 1.82) is 0 Å². The monoisotopic (exact) mass is 566 g/mol. The normalized spacial score (nSPS) is 11.2. The molecule has 2 N–H and O–H groups in total. The summed E-state index contributed by atoms with van der Waals surface area (Å²) in [5.74, 6) is 2.35. The molecular formula is C22H39IN4O5. The van der Waals surface area contributed by atoms with Crippen LogP contribution in [-0.2, 0) is 11.3 Å². The number of hydrogen-bond donors (Lipinski definition) is 2. The van der Waals surface area contributed by atoms with Crippen molar-refractivity contribution in [2.24, 2.45) is 4.99 Å². The highest BCUT2D eigenvalue weighted by atomic mass is 127. The molecule has 0 aliphatic carbocycles. The van der Waals surface area contributed by atoms with Crippen LogP contribution in [0.15, 0.2) is 17.1 Å². The first-order valence-corrected chi connectivity index (χ1v) is 10.4. The molecule has 0 aliphatic heterocycles. The largest absolute Gasteiger partial charge is 0.493 e. The minimum absolute atomic E-state index is 0. The third-order valence-electron chi connectivity index (χ3n) is 4.23. The highest BCUT2D eigenvalue weighted by Gasteiger charge is 2.21. The molecule has 0 aliphatic rings. The van der Waals surface area contributed by atoms with E-state index in [0.29, 0.717) is 49.4 Å². The van der Waals surface area contributed by atoms with Gasteiger partial charge in [0, 0.05) is 33.2 Å². The van der Waals surface area contributed by atoms with Gasteiger partial charge in [0.2, 0.25) is 5.75 Å². The Labute approximate surface area is 209 Å². The third kappa shape index (κ3) is 10.0. The smallest absolute Gasteiger partial charge is 0.410 e. The molecule has 0 unspecified atom stereocenters. The van der Waals surface area contributed by atoms with E-state index in [-0.39, 0.29) is 30.1 Å². The molecule has 184 valence electrons.